The van der Waals surface area contributed by atoms with Crippen molar-refractivity contribution in [2.75, 3.05) is 6.54 Å². The zero-order chi connectivity index (χ0) is 15.7. The smallest absolute Gasteiger partial charge is 0.329 e. The van der Waals surface area contributed by atoms with Crippen molar-refractivity contribution < 1.29 is 14.7 Å². The predicted molar refractivity (Wildman–Crippen MR) is 84.2 cm³/mol. The lowest BCUT2D eigenvalue weighted by atomic mass is 9.90. The summed E-state index contributed by atoms with van der Waals surface area (Å²) < 4.78 is 0. The van der Waals surface area contributed by atoms with Gasteiger partial charge in [0.25, 0.3) is 0 Å². The molecule has 1 aliphatic rings. The van der Waals surface area contributed by atoms with Gasteiger partial charge in [0, 0.05) is 13.0 Å². The first-order valence-electron chi connectivity index (χ1n) is 8.62. The van der Waals surface area contributed by atoms with Crippen molar-refractivity contribution in [1.82, 2.24) is 4.90 Å². The number of nitrogens with zero attached hydrogens (tertiary/aromatic N) is 1. The van der Waals surface area contributed by atoms with Gasteiger partial charge in [-0.3, -0.25) is 4.79 Å². The van der Waals surface area contributed by atoms with Crippen molar-refractivity contribution >= 4 is 11.9 Å². The predicted octanol–water partition coefficient (Wildman–Crippen LogP) is 3.98. The molecule has 4 heteroatoms. The molecule has 0 aromatic heterocycles. The monoisotopic (exact) mass is 297 g/mol. The van der Waals surface area contributed by atoms with Crippen LogP contribution < -0.4 is 0 Å². The minimum absolute atomic E-state index is 0.0406. The van der Waals surface area contributed by atoms with Crippen molar-refractivity contribution in [3.63, 3.8) is 0 Å². The molecule has 0 bridgehead atoms. The molecule has 1 heterocycles. The zero-order valence-electron chi connectivity index (χ0n) is 13.7. The molecule has 0 saturated carbocycles. The number of carboxylic acid groups (broad SMARTS) is 1. The molecule has 1 aliphatic heterocycles. The lowest BCUT2D eigenvalue weighted by Gasteiger charge is -2.34. The SMILES string of the molecule is CCCCCCCCC(=O)N1CCCC1(CCC)C(=O)O. The summed E-state index contributed by atoms with van der Waals surface area (Å²) in [4.78, 5) is 25.7. The minimum Gasteiger partial charge on any atom is -0.479 e. The molecular formula is C17H31NO3. The maximum atomic E-state index is 12.4. The third-order valence-corrected chi connectivity index (χ3v) is 4.60. The van der Waals surface area contributed by atoms with E-state index in [1.165, 1.54) is 25.7 Å². The van der Waals surface area contributed by atoms with Crippen molar-refractivity contribution in [1.29, 1.82) is 0 Å². The molecule has 0 aromatic rings. The van der Waals surface area contributed by atoms with E-state index < -0.39 is 11.5 Å². The number of carbonyl (C=O) groups excluding carboxylic acids is 1. The van der Waals surface area contributed by atoms with Crippen LogP contribution in [0.2, 0.25) is 0 Å². The molecular weight excluding hydrogens is 266 g/mol. The second-order valence-electron chi connectivity index (χ2n) is 6.25. The Morgan fingerprint density at radius 2 is 1.71 bits per heavy atom. The van der Waals surface area contributed by atoms with Crippen LogP contribution in [-0.2, 0) is 9.59 Å². The average Bonchev–Trinajstić information content (AvgIpc) is 2.88. The minimum atomic E-state index is -0.923. The number of aliphatic carboxylic acids is 1. The highest BCUT2D eigenvalue weighted by Crippen LogP contribution is 2.34. The topological polar surface area (TPSA) is 57.6 Å². The number of likely N-dealkylation sites (tertiary alicyclic amines) is 1. The summed E-state index contributed by atoms with van der Waals surface area (Å²) in [5.74, 6) is -0.781. The zero-order valence-corrected chi connectivity index (χ0v) is 13.7. The lowest BCUT2D eigenvalue weighted by Crippen LogP contribution is -2.53. The molecule has 1 amide bonds. The number of amides is 1. The summed E-state index contributed by atoms with van der Waals surface area (Å²) in [5, 5.41) is 9.59. The number of unbranched alkanes of at least 4 members (excludes halogenated alkanes) is 5. The van der Waals surface area contributed by atoms with Crippen LogP contribution in [-0.4, -0.2) is 34.0 Å². The molecule has 0 spiro atoms. The third kappa shape index (κ3) is 4.72. The van der Waals surface area contributed by atoms with Gasteiger partial charge in [-0.2, -0.15) is 0 Å². The van der Waals surface area contributed by atoms with Crippen molar-refractivity contribution in [2.24, 2.45) is 0 Å². The highest BCUT2D eigenvalue weighted by molar-refractivity contribution is 5.87. The summed E-state index contributed by atoms with van der Waals surface area (Å²) in [6.45, 7) is 4.79. The normalized spacial score (nSPS) is 21.7. The van der Waals surface area contributed by atoms with E-state index >= 15 is 0 Å². The number of hydrogen-bond acceptors (Lipinski definition) is 2. The van der Waals surface area contributed by atoms with E-state index in [-0.39, 0.29) is 5.91 Å². The molecule has 0 radical (unpaired) electrons. The molecule has 4 nitrogen and oxygen atoms in total. The molecule has 0 aromatic carbocycles. The van der Waals surface area contributed by atoms with Gasteiger partial charge in [-0.25, -0.2) is 4.79 Å². The molecule has 1 fully saturated rings. The van der Waals surface area contributed by atoms with Crippen LogP contribution in [0.5, 0.6) is 0 Å². The average molecular weight is 297 g/mol. The Balaban J connectivity index is 2.46. The fourth-order valence-electron chi connectivity index (χ4n) is 3.44. The number of rotatable bonds is 10. The summed E-state index contributed by atoms with van der Waals surface area (Å²) in [5.41, 5.74) is -0.923. The second kappa shape index (κ2) is 9.06. The van der Waals surface area contributed by atoms with Gasteiger partial charge in [-0.05, 0) is 25.7 Å². The van der Waals surface area contributed by atoms with Gasteiger partial charge in [0.05, 0.1) is 0 Å². The van der Waals surface area contributed by atoms with E-state index in [1.807, 2.05) is 6.92 Å². The molecule has 1 unspecified atom stereocenters. The Morgan fingerprint density at radius 3 is 2.33 bits per heavy atom. The van der Waals surface area contributed by atoms with Gasteiger partial charge >= 0.3 is 5.97 Å². The van der Waals surface area contributed by atoms with Crippen molar-refractivity contribution in [3.8, 4) is 0 Å². The van der Waals surface area contributed by atoms with E-state index in [9.17, 15) is 14.7 Å². The molecule has 1 atom stereocenters. The molecule has 122 valence electrons. The van der Waals surface area contributed by atoms with E-state index in [1.54, 1.807) is 4.90 Å². The summed E-state index contributed by atoms with van der Waals surface area (Å²) in [6, 6.07) is 0. The van der Waals surface area contributed by atoms with Crippen molar-refractivity contribution in [3.05, 3.63) is 0 Å². The first-order chi connectivity index (χ1) is 10.1. The summed E-state index contributed by atoms with van der Waals surface area (Å²) in [7, 11) is 0. The standard InChI is InChI=1S/C17H31NO3/c1-3-5-6-7-8-9-11-15(19)18-14-10-13-17(18,12-4-2)16(20)21/h3-14H2,1-2H3,(H,20,21). The number of carboxylic acids is 1. The maximum absolute atomic E-state index is 12.4. The fourth-order valence-corrected chi connectivity index (χ4v) is 3.44. The Bertz CT molecular complexity index is 343. The Hall–Kier alpha value is -1.06. The third-order valence-electron chi connectivity index (χ3n) is 4.60. The molecule has 0 aliphatic carbocycles. The highest BCUT2D eigenvalue weighted by atomic mass is 16.4. The van der Waals surface area contributed by atoms with E-state index in [2.05, 4.69) is 6.92 Å². The van der Waals surface area contributed by atoms with E-state index in [4.69, 9.17) is 0 Å². The summed E-state index contributed by atoms with van der Waals surface area (Å²) in [6.07, 6.45) is 10.2. The lowest BCUT2D eigenvalue weighted by molar-refractivity contribution is -0.157. The largest absolute Gasteiger partial charge is 0.479 e. The molecule has 1 saturated heterocycles. The van der Waals surface area contributed by atoms with Crippen LogP contribution in [0.15, 0.2) is 0 Å². The Kier molecular flexibility index (Phi) is 7.76. The quantitative estimate of drug-likeness (QED) is 0.620. The van der Waals surface area contributed by atoms with Gasteiger partial charge in [0.2, 0.25) is 5.91 Å². The Labute approximate surface area is 128 Å². The van der Waals surface area contributed by atoms with Crippen LogP contribution in [0.3, 0.4) is 0 Å². The number of hydrogen-bond donors (Lipinski definition) is 1. The first-order valence-corrected chi connectivity index (χ1v) is 8.62. The first kappa shape index (κ1) is 18.0. The Morgan fingerprint density at radius 1 is 1.05 bits per heavy atom. The maximum Gasteiger partial charge on any atom is 0.329 e. The number of carbonyl (C=O) groups is 2. The van der Waals surface area contributed by atoms with Gasteiger partial charge < -0.3 is 10.0 Å². The van der Waals surface area contributed by atoms with Crippen LogP contribution >= 0.6 is 0 Å². The van der Waals surface area contributed by atoms with Crippen molar-refractivity contribution in [2.45, 2.75) is 90.0 Å². The second-order valence-corrected chi connectivity index (χ2v) is 6.25. The molecule has 21 heavy (non-hydrogen) atoms. The van der Waals surface area contributed by atoms with Crippen LogP contribution in [0, 0.1) is 0 Å². The van der Waals surface area contributed by atoms with Crippen LogP contribution in [0.1, 0.15) is 84.5 Å². The van der Waals surface area contributed by atoms with Gasteiger partial charge in [-0.15, -0.1) is 0 Å². The molecule has 1 rings (SSSR count). The van der Waals surface area contributed by atoms with Gasteiger partial charge in [-0.1, -0.05) is 52.4 Å². The highest BCUT2D eigenvalue weighted by Gasteiger charge is 2.48. The van der Waals surface area contributed by atoms with Crippen LogP contribution in [0.25, 0.3) is 0 Å². The fraction of sp³-hybridized carbons (Fsp3) is 0.882. The van der Waals surface area contributed by atoms with E-state index in [0.29, 0.717) is 25.8 Å². The van der Waals surface area contributed by atoms with Gasteiger partial charge in [0.1, 0.15) is 5.54 Å². The van der Waals surface area contributed by atoms with Gasteiger partial charge in [0.15, 0.2) is 0 Å². The van der Waals surface area contributed by atoms with E-state index in [0.717, 1.165) is 25.7 Å². The molecule has 1 N–H and O–H groups in total. The summed E-state index contributed by atoms with van der Waals surface area (Å²) >= 11 is 0. The van der Waals surface area contributed by atoms with Crippen LogP contribution in [0.4, 0.5) is 0 Å².